The number of hydrogen-bond donors (Lipinski definition) is 5. The standard InChI is InChI=1S/C13H19N3O4/c1-8(20)12-15-10-4-9(14)2-3-11(10)16(12)13(5-17,6-18)7-19/h2-4,8,17-20H,5-7,14H2,1H3. The van der Waals surface area contributed by atoms with E-state index in [1.807, 2.05) is 0 Å². The van der Waals surface area contributed by atoms with Gasteiger partial charge in [0, 0.05) is 5.69 Å². The molecule has 6 N–H and O–H groups in total. The first-order valence-electron chi connectivity index (χ1n) is 6.28. The van der Waals surface area contributed by atoms with Crippen LogP contribution in [0.25, 0.3) is 11.0 Å². The van der Waals surface area contributed by atoms with Crippen LogP contribution in [0.5, 0.6) is 0 Å². The molecule has 1 aromatic heterocycles. The molecule has 2 aromatic rings. The minimum Gasteiger partial charge on any atom is -0.399 e. The summed E-state index contributed by atoms with van der Waals surface area (Å²) in [6.07, 6.45) is -0.923. The largest absolute Gasteiger partial charge is 0.399 e. The van der Waals surface area contributed by atoms with Crippen LogP contribution in [0.3, 0.4) is 0 Å². The van der Waals surface area contributed by atoms with Crippen molar-refractivity contribution in [2.24, 2.45) is 0 Å². The van der Waals surface area contributed by atoms with Crippen molar-refractivity contribution in [3.63, 3.8) is 0 Å². The summed E-state index contributed by atoms with van der Waals surface area (Å²) in [5, 5.41) is 38.6. The lowest BCUT2D eigenvalue weighted by Crippen LogP contribution is -2.45. The molecule has 0 aliphatic rings. The number of rotatable bonds is 5. The van der Waals surface area contributed by atoms with E-state index < -0.39 is 31.5 Å². The average molecular weight is 281 g/mol. The molecule has 0 aliphatic heterocycles. The number of nitrogens with zero attached hydrogens (tertiary/aromatic N) is 2. The van der Waals surface area contributed by atoms with E-state index in [1.54, 1.807) is 18.2 Å². The number of hydrogen-bond acceptors (Lipinski definition) is 6. The monoisotopic (exact) mass is 281 g/mol. The Kier molecular flexibility index (Phi) is 3.96. The van der Waals surface area contributed by atoms with E-state index in [0.29, 0.717) is 16.7 Å². The van der Waals surface area contributed by atoms with Crippen LogP contribution in [-0.4, -0.2) is 49.8 Å². The zero-order valence-corrected chi connectivity index (χ0v) is 11.2. The molecule has 110 valence electrons. The molecule has 0 saturated carbocycles. The third kappa shape index (κ3) is 2.14. The second kappa shape index (κ2) is 5.37. The Morgan fingerprint density at radius 3 is 2.35 bits per heavy atom. The van der Waals surface area contributed by atoms with Crippen molar-refractivity contribution in [3.8, 4) is 0 Å². The van der Waals surface area contributed by atoms with E-state index in [-0.39, 0.29) is 5.82 Å². The van der Waals surface area contributed by atoms with Crippen molar-refractivity contribution >= 4 is 16.7 Å². The van der Waals surface area contributed by atoms with E-state index in [1.165, 1.54) is 11.5 Å². The molecular formula is C13H19N3O4. The van der Waals surface area contributed by atoms with Crippen molar-refractivity contribution in [3.05, 3.63) is 24.0 Å². The van der Waals surface area contributed by atoms with Gasteiger partial charge in [-0.05, 0) is 25.1 Å². The zero-order chi connectivity index (χ0) is 14.9. The van der Waals surface area contributed by atoms with Gasteiger partial charge in [-0.15, -0.1) is 0 Å². The molecule has 2 rings (SSSR count). The van der Waals surface area contributed by atoms with Crippen molar-refractivity contribution < 1.29 is 20.4 Å². The molecule has 1 heterocycles. The van der Waals surface area contributed by atoms with E-state index in [9.17, 15) is 20.4 Å². The predicted octanol–water partition coefficient (Wildman–Crippen LogP) is -0.656. The molecule has 20 heavy (non-hydrogen) atoms. The highest BCUT2D eigenvalue weighted by atomic mass is 16.3. The van der Waals surface area contributed by atoms with Gasteiger partial charge in [0.05, 0.1) is 30.9 Å². The Morgan fingerprint density at radius 2 is 1.85 bits per heavy atom. The maximum absolute atomic E-state index is 9.87. The van der Waals surface area contributed by atoms with E-state index in [2.05, 4.69) is 4.98 Å². The van der Waals surface area contributed by atoms with Crippen molar-refractivity contribution in [1.82, 2.24) is 9.55 Å². The lowest BCUT2D eigenvalue weighted by atomic mass is 10.0. The highest BCUT2D eigenvalue weighted by Crippen LogP contribution is 2.29. The molecule has 7 nitrogen and oxygen atoms in total. The summed E-state index contributed by atoms with van der Waals surface area (Å²) in [6, 6.07) is 4.97. The van der Waals surface area contributed by atoms with Crippen molar-refractivity contribution in [1.29, 1.82) is 0 Å². The molecule has 1 aromatic carbocycles. The first-order valence-corrected chi connectivity index (χ1v) is 6.28. The topological polar surface area (TPSA) is 125 Å². The quantitative estimate of drug-likeness (QED) is 0.464. The minimum absolute atomic E-state index is 0.253. The average Bonchev–Trinajstić information content (AvgIpc) is 2.81. The number of aromatic nitrogens is 2. The predicted molar refractivity (Wildman–Crippen MR) is 74.0 cm³/mol. The molecule has 0 bridgehead atoms. The van der Waals surface area contributed by atoms with Gasteiger partial charge in [-0.2, -0.15) is 0 Å². The normalized spacial score (nSPS) is 13.8. The van der Waals surface area contributed by atoms with Crippen LogP contribution in [-0.2, 0) is 5.54 Å². The Hall–Kier alpha value is -1.67. The molecule has 0 spiro atoms. The number of nitrogen functional groups attached to an aromatic ring is 1. The summed E-state index contributed by atoms with van der Waals surface area (Å²) >= 11 is 0. The van der Waals surface area contributed by atoms with E-state index in [4.69, 9.17) is 5.73 Å². The van der Waals surface area contributed by atoms with Crippen molar-refractivity contribution in [2.75, 3.05) is 25.6 Å². The molecular weight excluding hydrogens is 262 g/mol. The fourth-order valence-electron chi connectivity index (χ4n) is 2.26. The number of fused-ring (bicyclic) bond motifs is 1. The first kappa shape index (κ1) is 14.7. The molecule has 1 atom stereocenters. The van der Waals surface area contributed by atoms with Gasteiger partial charge in [0.1, 0.15) is 17.5 Å². The van der Waals surface area contributed by atoms with Gasteiger partial charge in [0.15, 0.2) is 0 Å². The molecule has 7 heteroatoms. The molecule has 0 fully saturated rings. The molecule has 0 saturated heterocycles. The Labute approximate surface area is 115 Å². The number of benzene rings is 1. The Bertz CT molecular complexity index is 597. The van der Waals surface area contributed by atoms with Gasteiger partial charge in [0.2, 0.25) is 0 Å². The second-order valence-electron chi connectivity index (χ2n) is 4.93. The molecule has 0 radical (unpaired) electrons. The fraction of sp³-hybridized carbons (Fsp3) is 0.462. The lowest BCUT2D eigenvalue weighted by molar-refractivity contribution is 0.0117. The van der Waals surface area contributed by atoms with Gasteiger partial charge in [-0.1, -0.05) is 0 Å². The van der Waals surface area contributed by atoms with Crippen LogP contribution in [0.1, 0.15) is 18.9 Å². The van der Waals surface area contributed by atoms with Crippen LogP contribution < -0.4 is 5.73 Å². The summed E-state index contributed by atoms with van der Waals surface area (Å²) < 4.78 is 1.48. The highest BCUT2D eigenvalue weighted by Gasteiger charge is 2.35. The molecule has 0 aliphatic carbocycles. The summed E-state index contributed by atoms with van der Waals surface area (Å²) in [4.78, 5) is 4.28. The third-order valence-corrected chi connectivity index (χ3v) is 3.44. The Balaban J connectivity index is 2.80. The second-order valence-corrected chi connectivity index (χ2v) is 4.93. The lowest BCUT2D eigenvalue weighted by Gasteiger charge is -2.32. The number of aliphatic hydroxyl groups is 4. The van der Waals surface area contributed by atoms with Crippen LogP contribution in [0.4, 0.5) is 5.69 Å². The number of anilines is 1. The summed E-state index contributed by atoms with van der Waals surface area (Å²) in [6.45, 7) is 0.0542. The van der Waals surface area contributed by atoms with Gasteiger partial charge in [-0.3, -0.25) is 0 Å². The van der Waals surface area contributed by atoms with E-state index in [0.717, 1.165) is 0 Å². The summed E-state index contributed by atoms with van der Waals surface area (Å²) in [5.41, 5.74) is 5.99. The highest BCUT2D eigenvalue weighted by molar-refractivity contribution is 5.80. The fourth-order valence-corrected chi connectivity index (χ4v) is 2.26. The number of imidazole rings is 1. The molecule has 0 amide bonds. The minimum atomic E-state index is -1.34. The van der Waals surface area contributed by atoms with Crippen LogP contribution in [0.15, 0.2) is 18.2 Å². The van der Waals surface area contributed by atoms with Crippen LogP contribution in [0.2, 0.25) is 0 Å². The van der Waals surface area contributed by atoms with Crippen LogP contribution in [0, 0.1) is 0 Å². The molecule has 1 unspecified atom stereocenters. The maximum atomic E-state index is 9.87. The summed E-state index contributed by atoms with van der Waals surface area (Å²) in [5.74, 6) is 0.253. The number of aliphatic hydroxyl groups excluding tert-OH is 4. The summed E-state index contributed by atoms with van der Waals surface area (Å²) in [7, 11) is 0. The zero-order valence-electron chi connectivity index (χ0n) is 11.2. The SMILES string of the molecule is CC(O)c1nc2cc(N)ccc2n1C(CO)(CO)CO. The maximum Gasteiger partial charge on any atom is 0.139 e. The first-order chi connectivity index (χ1) is 9.49. The van der Waals surface area contributed by atoms with Gasteiger partial charge in [0.25, 0.3) is 0 Å². The Morgan fingerprint density at radius 1 is 1.25 bits per heavy atom. The van der Waals surface area contributed by atoms with Crippen LogP contribution >= 0.6 is 0 Å². The number of nitrogens with two attached hydrogens (primary N) is 1. The van der Waals surface area contributed by atoms with Gasteiger partial charge in [-0.25, -0.2) is 4.98 Å². The smallest absolute Gasteiger partial charge is 0.139 e. The van der Waals surface area contributed by atoms with Crippen molar-refractivity contribution in [2.45, 2.75) is 18.6 Å². The van der Waals surface area contributed by atoms with Gasteiger partial charge >= 0.3 is 0 Å². The third-order valence-electron chi connectivity index (χ3n) is 3.44. The van der Waals surface area contributed by atoms with E-state index >= 15 is 0 Å². The van der Waals surface area contributed by atoms with Gasteiger partial charge < -0.3 is 30.7 Å².